The Labute approximate surface area is 112 Å². The summed E-state index contributed by atoms with van der Waals surface area (Å²) in [7, 11) is 0. The van der Waals surface area contributed by atoms with E-state index in [9.17, 15) is 0 Å². The first kappa shape index (κ1) is 14.3. The number of hydrogen-bond acceptors (Lipinski definition) is 3. The molecule has 3 heteroatoms. The number of hydrogen-bond donors (Lipinski definition) is 1. The summed E-state index contributed by atoms with van der Waals surface area (Å²) in [6.07, 6.45) is 7.49. The molecule has 1 N–H and O–H groups in total. The van der Waals surface area contributed by atoms with Crippen LogP contribution >= 0.6 is 0 Å². The molecule has 0 aromatic heterocycles. The molecule has 0 radical (unpaired) electrons. The van der Waals surface area contributed by atoms with E-state index in [0.29, 0.717) is 23.7 Å². The molecule has 2 unspecified atom stereocenters. The van der Waals surface area contributed by atoms with Crippen molar-refractivity contribution in [2.45, 2.75) is 71.1 Å². The van der Waals surface area contributed by atoms with E-state index in [1.165, 1.54) is 32.1 Å². The van der Waals surface area contributed by atoms with Crippen LogP contribution in [0.25, 0.3) is 0 Å². The van der Waals surface area contributed by atoms with Crippen LogP contribution in [0, 0.1) is 5.41 Å². The van der Waals surface area contributed by atoms with Crippen LogP contribution in [0.2, 0.25) is 0 Å². The lowest BCUT2D eigenvalue weighted by molar-refractivity contribution is -0.131. The molecule has 0 aliphatic heterocycles. The first-order chi connectivity index (χ1) is 8.69. The van der Waals surface area contributed by atoms with Gasteiger partial charge in [0.15, 0.2) is 0 Å². The van der Waals surface area contributed by atoms with Crippen LogP contribution in [0.3, 0.4) is 0 Å². The average Bonchev–Trinajstić information content (AvgIpc) is 2.83. The molecule has 0 bridgehead atoms. The molecule has 0 amide bonds. The topological polar surface area (TPSA) is 30.5 Å². The zero-order chi connectivity index (χ0) is 13.0. The second-order valence-corrected chi connectivity index (χ2v) is 6.05. The largest absolute Gasteiger partial charge is 0.378 e. The fourth-order valence-electron chi connectivity index (χ4n) is 3.70. The molecule has 2 rings (SSSR count). The van der Waals surface area contributed by atoms with Crippen LogP contribution in [0.1, 0.15) is 52.9 Å². The maximum atomic E-state index is 5.92. The third kappa shape index (κ3) is 2.89. The minimum absolute atomic E-state index is 0.338. The Balaban J connectivity index is 1.76. The summed E-state index contributed by atoms with van der Waals surface area (Å²) in [5, 5.41) is 3.69. The Morgan fingerprint density at radius 3 is 2.61 bits per heavy atom. The van der Waals surface area contributed by atoms with Crippen molar-refractivity contribution in [2.75, 3.05) is 19.8 Å². The lowest BCUT2D eigenvalue weighted by atomic mass is 9.60. The SMILES string of the molecule is CCOC1CC(NCCOC(C)C)C12CCCC2. The van der Waals surface area contributed by atoms with Crippen molar-refractivity contribution in [2.24, 2.45) is 5.41 Å². The van der Waals surface area contributed by atoms with Crippen LogP contribution in [0.5, 0.6) is 0 Å². The summed E-state index contributed by atoms with van der Waals surface area (Å²) in [4.78, 5) is 0. The first-order valence-electron chi connectivity index (χ1n) is 7.65. The van der Waals surface area contributed by atoms with Crippen molar-refractivity contribution in [1.29, 1.82) is 0 Å². The van der Waals surface area contributed by atoms with Gasteiger partial charge in [-0.3, -0.25) is 0 Å². The summed E-state index contributed by atoms with van der Waals surface area (Å²) < 4.78 is 11.5. The van der Waals surface area contributed by atoms with Crippen LogP contribution in [-0.2, 0) is 9.47 Å². The lowest BCUT2D eigenvalue weighted by Crippen LogP contribution is -2.63. The first-order valence-corrected chi connectivity index (χ1v) is 7.65. The van der Waals surface area contributed by atoms with Crippen LogP contribution in [0.15, 0.2) is 0 Å². The number of rotatable bonds is 7. The fourth-order valence-corrected chi connectivity index (χ4v) is 3.70. The van der Waals surface area contributed by atoms with Crippen LogP contribution in [-0.4, -0.2) is 38.0 Å². The predicted molar refractivity (Wildman–Crippen MR) is 73.8 cm³/mol. The second kappa shape index (κ2) is 6.36. The average molecular weight is 255 g/mol. The molecule has 2 fully saturated rings. The fraction of sp³-hybridized carbons (Fsp3) is 1.00. The molecule has 1 spiro atoms. The molecule has 3 nitrogen and oxygen atoms in total. The standard InChI is InChI=1S/C15H29NO2/c1-4-17-14-11-13(15(14)7-5-6-8-15)16-9-10-18-12(2)3/h12-14,16H,4-11H2,1-3H3. The molecule has 2 aliphatic carbocycles. The number of nitrogens with one attached hydrogen (secondary N) is 1. The van der Waals surface area contributed by atoms with Gasteiger partial charge in [0.2, 0.25) is 0 Å². The van der Waals surface area contributed by atoms with E-state index >= 15 is 0 Å². The van der Waals surface area contributed by atoms with Crippen LogP contribution < -0.4 is 5.32 Å². The molecule has 0 heterocycles. The monoisotopic (exact) mass is 255 g/mol. The quantitative estimate of drug-likeness (QED) is 0.710. The molecular weight excluding hydrogens is 226 g/mol. The van der Waals surface area contributed by atoms with Crippen molar-refractivity contribution in [3.05, 3.63) is 0 Å². The smallest absolute Gasteiger partial charge is 0.0661 e. The Kier molecular flexibility index (Phi) is 5.05. The van der Waals surface area contributed by atoms with E-state index in [4.69, 9.17) is 9.47 Å². The zero-order valence-corrected chi connectivity index (χ0v) is 12.2. The van der Waals surface area contributed by atoms with Crippen molar-refractivity contribution < 1.29 is 9.47 Å². The van der Waals surface area contributed by atoms with E-state index in [2.05, 4.69) is 26.1 Å². The highest BCUT2D eigenvalue weighted by Crippen LogP contribution is 2.54. The zero-order valence-electron chi connectivity index (χ0n) is 12.2. The molecule has 2 saturated carbocycles. The molecular formula is C15H29NO2. The van der Waals surface area contributed by atoms with Crippen LogP contribution in [0.4, 0.5) is 0 Å². The Bertz CT molecular complexity index is 249. The summed E-state index contributed by atoms with van der Waals surface area (Å²) in [6, 6.07) is 0.660. The third-order valence-electron chi connectivity index (χ3n) is 4.63. The maximum Gasteiger partial charge on any atom is 0.0661 e. The highest BCUT2D eigenvalue weighted by Gasteiger charge is 2.56. The predicted octanol–water partition coefficient (Wildman–Crippen LogP) is 2.74. The number of ether oxygens (including phenoxy) is 2. The lowest BCUT2D eigenvalue weighted by Gasteiger charge is -2.54. The van der Waals surface area contributed by atoms with E-state index < -0.39 is 0 Å². The van der Waals surface area contributed by atoms with Gasteiger partial charge in [-0.25, -0.2) is 0 Å². The van der Waals surface area contributed by atoms with Gasteiger partial charge in [0, 0.05) is 24.6 Å². The highest BCUT2D eigenvalue weighted by atomic mass is 16.5. The highest BCUT2D eigenvalue weighted by molar-refractivity contribution is 5.09. The second-order valence-electron chi connectivity index (χ2n) is 6.05. The van der Waals surface area contributed by atoms with Gasteiger partial charge < -0.3 is 14.8 Å². The van der Waals surface area contributed by atoms with Gasteiger partial charge in [-0.1, -0.05) is 12.8 Å². The molecule has 0 aromatic rings. The summed E-state index contributed by atoms with van der Waals surface area (Å²) in [5.74, 6) is 0. The van der Waals surface area contributed by atoms with Gasteiger partial charge in [-0.05, 0) is 40.0 Å². The maximum absolute atomic E-state index is 5.92. The van der Waals surface area contributed by atoms with Gasteiger partial charge in [0.1, 0.15) is 0 Å². The van der Waals surface area contributed by atoms with Crippen molar-refractivity contribution >= 4 is 0 Å². The van der Waals surface area contributed by atoms with Gasteiger partial charge >= 0.3 is 0 Å². The van der Waals surface area contributed by atoms with Gasteiger partial charge in [-0.15, -0.1) is 0 Å². The van der Waals surface area contributed by atoms with E-state index in [1.54, 1.807) is 0 Å². The molecule has 2 atom stereocenters. The van der Waals surface area contributed by atoms with Gasteiger partial charge in [0.25, 0.3) is 0 Å². The van der Waals surface area contributed by atoms with Gasteiger partial charge in [-0.2, -0.15) is 0 Å². The minimum Gasteiger partial charge on any atom is -0.378 e. The molecule has 0 aromatic carbocycles. The van der Waals surface area contributed by atoms with Crippen molar-refractivity contribution in [3.63, 3.8) is 0 Å². The minimum atomic E-state index is 0.338. The molecule has 2 aliphatic rings. The third-order valence-corrected chi connectivity index (χ3v) is 4.63. The van der Waals surface area contributed by atoms with E-state index in [1.807, 2.05) is 0 Å². The molecule has 106 valence electrons. The molecule has 18 heavy (non-hydrogen) atoms. The van der Waals surface area contributed by atoms with Crippen molar-refractivity contribution in [3.8, 4) is 0 Å². The summed E-state index contributed by atoms with van der Waals surface area (Å²) in [6.45, 7) is 8.95. The normalized spacial score (nSPS) is 30.0. The summed E-state index contributed by atoms with van der Waals surface area (Å²) >= 11 is 0. The van der Waals surface area contributed by atoms with E-state index in [0.717, 1.165) is 19.8 Å². The molecule has 0 saturated heterocycles. The summed E-state index contributed by atoms with van der Waals surface area (Å²) in [5.41, 5.74) is 0.452. The van der Waals surface area contributed by atoms with E-state index in [-0.39, 0.29) is 0 Å². The van der Waals surface area contributed by atoms with Crippen molar-refractivity contribution in [1.82, 2.24) is 5.32 Å². The Morgan fingerprint density at radius 2 is 2.00 bits per heavy atom. The Morgan fingerprint density at radius 1 is 1.28 bits per heavy atom. The van der Waals surface area contributed by atoms with Gasteiger partial charge in [0.05, 0.1) is 18.8 Å². The Hall–Kier alpha value is -0.120.